The number of urea groups is 1. The zero-order chi connectivity index (χ0) is 61.5. The summed E-state index contributed by atoms with van der Waals surface area (Å²) in [5.74, 6) is -1.79. The Morgan fingerprint density at radius 2 is 1.47 bits per heavy atom. The number of likely N-dealkylation sites (N-methyl/N-ethyl adjacent to an activating group) is 2. The molecule has 2 aliphatic heterocycles. The van der Waals surface area contributed by atoms with Crippen LogP contribution in [-0.2, 0) is 67.9 Å². The predicted molar refractivity (Wildman–Crippen MR) is 322 cm³/mol. The molecule has 0 unspecified atom stereocenters. The Morgan fingerprint density at radius 1 is 0.819 bits per heavy atom. The summed E-state index contributed by atoms with van der Waals surface area (Å²) in [4.78, 5) is 104. The molecule has 1 aromatic carbocycles. The highest BCUT2D eigenvalue weighted by atomic mass is 32.2. The minimum absolute atomic E-state index is 0.00198. The number of piperidine rings is 1. The summed E-state index contributed by atoms with van der Waals surface area (Å²) in [7, 11) is 4.36. The Kier molecular flexibility index (Phi) is 26.6. The number of imide groups is 1. The second-order valence-electron chi connectivity index (χ2n) is 23.7. The number of sulfonamides is 1. The number of hydrogen-bond donors (Lipinski definition) is 3. The van der Waals surface area contributed by atoms with E-state index in [9.17, 15) is 42.0 Å². The molecule has 0 radical (unpaired) electrons. The van der Waals surface area contributed by atoms with Gasteiger partial charge in [-0.2, -0.15) is 23.5 Å². The van der Waals surface area contributed by atoms with Crippen molar-refractivity contribution in [1.29, 1.82) is 0 Å². The van der Waals surface area contributed by atoms with Crippen molar-refractivity contribution in [2.24, 2.45) is 35.5 Å². The largest absolute Gasteiger partial charge is 0.415 e. The number of nitrogens with zero attached hydrogens (tertiary/aromatic N) is 7. The molecule has 25 heteroatoms. The first-order valence-electron chi connectivity index (χ1n) is 29.2. The quantitative estimate of drug-likeness (QED) is 0.0782. The van der Waals surface area contributed by atoms with Crippen LogP contribution in [0.2, 0.25) is 0 Å². The van der Waals surface area contributed by atoms with Gasteiger partial charge in [-0.1, -0.05) is 72.2 Å². The number of likely N-dealkylation sites (tertiary alicyclic amines) is 2. The maximum Gasteiger partial charge on any atom is 0.415 e. The number of ether oxygens (including phenoxy) is 3. The fourth-order valence-electron chi connectivity index (χ4n) is 11.8. The van der Waals surface area contributed by atoms with E-state index in [1.165, 1.54) is 14.2 Å². The third kappa shape index (κ3) is 18.8. The lowest BCUT2D eigenvalue weighted by atomic mass is 9.83. The van der Waals surface area contributed by atoms with Crippen LogP contribution in [0.4, 0.5) is 9.59 Å². The number of amides is 7. The summed E-state index contributed by atoms with van der Waals surface area (Å²) in [6.07, 6.45) is 5.90. The van der Waals surface area contributed by atoms with Gasteiger partial charge in [-0.15, -0.1) is 5.10 Å². The lowest BCUT2D eigenvalue weighted by Gasteiger charge is -2.41. The molecule has 0 spiro atoms. The molecule has 1 saturated carbocycles. The number of Topliss-reactive ketones (excluding diaryl/α,β-unsaturated/α-hetero) is 1. The molecule has 5 rings (SSSR count). The third-order valence-corrected chi connectivity index (χ3v) is 19.7. The molecule has 3 fully saturated rings. The van der Waals surface area contributed by atoms with Gasteiger partial charge in [-0.05, 0) is 106 Å². The van der Waals surface area contributed by atoms with Crippen LogP contribution < -0.4 is 20.1 Å². The Balaban J connectivity index is 1.21. The molecule has 1 aromatic heterocycles. The minimum atomic E-state index is -4.03. The van der Waals surface area contributed by atoms with Gasteiger partial charge in [0.1, 0.15) is 11.8 Å². The van der Waals surface area contributed by atoms with E-state index in [-0.39, 0.29) is 66.4 Å². The van der Waals surface area contributed by atoms with Crippen LogP contribution in [0.25, 0.3) is 0 Å². The second-order valence-corrected chi connectivity index (χ2v) is 27.4. The zero-order valence-corrected chi connectivity index (χ0v) is 53.8. The van der Waals surface area contributed by atoms with Gasteiger partial charge in [0.25, 0.3) is 5.91 Å². The highest BCUT2D eigenvalue weighted by molar-refractivity contribution is 7.98. The lowest BCUT2D eigenvalue weighted by molar-refractivity contribution is -0.149. The Bertz CT molecular complexity index is 2600. The number of ketones is 1. The van der Waals surface area contributed by atoms with Crippen molar-refractivity contribution in [1.82, 2.24) is 49.9 Å². The van der Waals surface area contributed by atoms with Crippen LogP contribution in [0, 0.1) is 35.5 Å². The highest BCUT2D eigenvalue weighted by Crippen LogP contribution is 2.32. The smallest absolute Gasteiger partial charge is 0.410 e. The van der Waals surface area contributed by atoms with Crippen molar-refractivity contribution in [2.75, 3.05) is 67.5 Å². The molecule has 7 amide bonds. The van der Waals surface area contributed by atoms with Gasteiger partial charge < -0.3 is 34.2 Å². The first-order chi connectivity index (χ1) is 39.3. The van der Waals surface area contributed by atoms with Crippen molar-refractivity contribution < 1.29 is 56.2 Å². The Hall–Kier alpha value is -4.82. The molecule has 466 valence electrons. The summed E-state index contributed by atoms with van der Waals surface area (Å²) in [5, 5.41) is 12.9. The normalized spacial score (nSPS) is 18.9. The van der Waals surface area contributed by atoms with E-state index in [1.807, 2.05) is 71.5 Å². The molecule has 3 aliphatic rings. The van der Waals surface area contributed by atoms with E-state index < -0.39 is 81.4 Å². The number of hydrogen-bond acceptors (Lipinski definition) is 17. The molecule has 3 heterocycles. The van der Waals surface area contributed by atoms with Gasteiger partial charge in [-0.25, -0.2) is 22.7 Å². The van der Waals surface area contributed by atoms with Crippen molar-refractivity contribution >= 4 is 75.1 Å². The van der Waals surface area contributed by atoms with Crippen molar-refractivity contribution in [3.05, 3.63) is 41.2 Å². The van der Waals surface area contributed by atoms with Crippen LogP contribution in [0.3, 0.4) is 0 Å². The molecule has 22 nitrogen and oxygen atoms in total. The highest BCUT2D eigenvalue weighted by Gasteiger charge is 2.44. The standard InChI is InChI=1S/C58H94N10O12S3/c1-15-37(6)52(65(10)56(73)43(35(2)3)30-48(69)51(36(4)5)64(8)9)49(78-11)31-50(70)67-26-16-17-46(67)53(79-12)38(7)54(71)60-57(74)59-44(55(72)62-83(76,77)42-22-23-42)29-39-18-20-41(21-19-39)80-58(75)66-27-24-40(25-28-66)32-68-47(34-82-14)45(33-81-13)61-63-68/h18-21,35-38,40,42-44,46,49,51-53H,15-17,22-34H2,1-14H3,(H,62,72)(H2,59,60,71,74)/t37-,38+,43-,44-,46-,49+,51-,52-,53+/m0/s1. The Morgan fingerprint density at radius 3 is 2.02 bits per heavy atom. The SMILES string of the molecule is CC[C@H](C)[C@@H]([C@@H](CC(=O)N1CCC[C@H]1[C@H](OC)[C@@H](C)C(=O)NC(=O)N[C@@H](Cc1ccc(OC(=O)N2CCC(Cn3nnc(CSC)c3CSC)CC2)cc1)C(=O)NS(=O)(=O)C1CC1)OC)N(C)C(=O)[C@@H](CC(=O)[C@H](C(C)C)N(C)C)C(C)C. The molecule has 0 bridgehead atoms. The predicted octanol–water partition coefficient (Wildman–Crippen LogP) is 6.00. The molecule has 3 N–H and O–H groups in total. The maximum absolute atomic E-state index is 14.5. The topological polar surface area (TPSA) is 261 Å². The number of benzene rings is 1. The Labute approximate surface area is 501 Å². The van der Waals surface area contributed by atoms with Crippen molar-refractivity contribution in [3.8, 4) is 5.75 Å². The van der Waals surface area contributed by atoms with Crippen molar-refractivity contribution in [2.45, 2.75) is 172 Å². The van der Waals surface area contributed by atoms with E-state index in [2.05, 4.69) is 31.9 Å². The first-order valence-corrected chi connectivity index (χ1v) is 33.6. The average Bonchev–Trinajstić information content (AvgIpc) is 4.37. The summed E-state index contributed by atoms with van der Waals surface area (Å²) in [6, 6.07) is 2.34. The monoisotopic (exact) mass is 1220 g/mol. The number of aromatic nitrogens is 3. The molecular weight excluding hydrogens is 1120 g/mol. The fraction of sp³-hybridized carbons (Fsp3) is 0.741. The summed E-state index contributed by atoms with van der Waals surface area (Å²) >= 11 is 3.44. The maximum atomic E-state index is 14.5. The third-order valence-electron chi connectivity index (χ3n) is 16.7. The van der Waals surface area contributed by atoms with Gasteiger partial charge in [0.05, 0.1) is 59.3 Å². The van der Waals surface area contributed by atoms with Gasteiger partial charge in [0.15, 0.2) is 5.78 Å². The molecule has 1 aliphatic carbocycles. The average molecular weight is 1220 g/mol. The minimum Gasteiger partial charge on any atom is -0.410 e. The van der Waals surface area contributed by atoms with Gasteiger partial charge in [-0.3, -0.25) is 38.9 Å². The summed E-state index contributed by atoms with van der Waals surface area (Å²) in [6.45, 7) is 15.6. The van der Waals surface area contributed by atoms with Crippen LogP contribution in [-0.4, -0.2) is 194 Å². The van der Waals surface area contributed by atoms with Crippen LogP contribution in [0.15, 0.2) is 24.3 Å². The number of nitrogens with one attached hydrogen (secondary N) is 3. The second kappa shape index (κ2) is 32.1. The fourth-order valence-corrected chi connectivity index (χ4v) is 14.2. The van der Waals surface area contributed by atoms with E-state index in [4.69, 9.17) is 14.2 Å². The van der Waals surface area contributed by atoms with E-state index in [1.54, 1.807) is 76.5 Å². The molecule has 83 heavy (non-hydrogen) atoms. The van der Waals surface area contributed by atoms with Crippen LogP contribution in [0.5, 0.6) is 5.75 Å². The summed E-state index contributed by atoms with van der Waals surface area (Å²) in [5.41, 5.74) is 2.63. The van der Waals surface area contributed by atoms with E-state index in [0.29, 0.717) is 63.2 Å². The van der Waals surface area contributed by atoms with Crippen LogP contribution >= 0.6 is 23.5 Å². The van der Waals surface area contributed by atoms with Crippen molar-refractivity contribution in [3.63, 3.8) is 0 Å². The molecule has 9 atom stereocenters. The van der Waals surface area contributed by atoms with Crippen LogP contribution in [0.1, 0.15) is 123 Å². The lowest BCUT2D eigenvalue weighted by Crippen LogP contribution is -2.56. The molecule has 2 aromatic rings. The molecule has 2 saturated heterocycles. The van der Waals surface area contributed by atoms with E-state index in [0.717, 1.165) is 42.3 Å². The summed E-state index contributed by atoms with van der Waals surface area (Å²) < 4.78 is 47.7. The number of thioether (sulfide) groups is 2. The van der Waals surface area contributed by atoms with Gasteiger partial charge in [0.2, 0.25) is 27.7 Å². The van der Waals surface area contributed by atoms with Gasteiger partial charge >= 0.3 is 12.1 Å². The van der Waals surface area contributed by atoms with E-state index >= 15 is 0 Å². The zero-order valence-electron chi connectivity index (χ0n) is 51.4. The number of carbonyl (C=O) groups excluding carboxylic acids is 7. The first kappa shape index (κ1) is 69.0. The number of rotatable bonds is 31. The molecular formula is C58H94N10O12S3. The number of carbonyl (C=O) groups is 7. The number of methoxy groups -OCH3 is 2. The van der Waals surface area contributed by atoms with Gasteiger partial charge in [0, 0.05) is 77.7 Å².